The van der Waals surface area contributed by atoms with Crippen molar-refractivity contribution in [3.63, 3.8) is 0 Å². The Kier molecular flexibility index (Phi) is 4.80. The first kappa shape index (κ1) is 15.8. The molecule has 5 nitrogen and oxygen atoms in total. The number of nitrogens with one attached hydrogen (secondary N) is 1. The molecule has 2 N–H and O–H groups in total. The molecule has 0 bridgehead atoms. The summed E-state index contributed by atoms with van der Waals surface area (Å²) in [6, 6.07) is 14.9. The van der Waals surface area contributed by atoms with E-state index in [1.807, 2.05) is 36.4 Å². The van der Waals surface area contributed by atoms with Crippen molar-refractivity contribution in [3.05, 3.63) is 48.5 Å². The summed E-state index contributed by atoms with van der Waals surface area (Å²) in [5.41, 5.74) is 2.82. The van der Waals surface area contributed by atoms with Gasteiger partial charge in [0.05, 0.1) is 11.0 Å². The average Bonchev–Trinajstić information content (AvgIpc) is 2.83. The first-order valence-corrected chi connectivity index (χ1v) is 7.01. The molecule has 20 heavy (non-hydrogen) atoms. The van der Waals surface area contributed by atoms with Gasteiger partial charge in [-0.3, -0.25) is 4.55 Å². The van der Waals surface area contributed by atoms with Crippen LogP contribution in [0.1, 0.15) is 0 Å². The van der Waals surface area contributed by atoms with Crippen LogP contribution in [0.3, 0.4) is 0 Å². The van der Waals surface area contributed by atoms with Gasteiger partial charge in [-0.2, -0.15) is 8.42 Å². The molecule has 2 aromatic carbocycles. The zero-order valence-corrected chi connectivity index (χ0v) is 14.7. The standard InChI is InChI=1S/C13H10N2O3S.K/c16-19(17,18)13-14-11-8-4-7-10(12(11)15-13)9-5-2-1-3-6-9;/h1-8H,(H,14,15)(H,16,17,18);. The van der Waals surface area contributed by atoms with Crippen molar-refractivity contribution in [2.75, 3.05) is 0 Å². The maximum atomic E-state index is 11.1. The van der Waals surface area contributed by atoms with Crippen LogP contribution in [0.15, 0.2) is 53.7 Å². The molecule has 0 aliphatic carbocycles. The predicted octanol–water partition coefficient (Wildman–Crippen LogP) is 2.10. The van der Waals surface area contributed by atoms with Gasteiger partial charge >= 0.3 is 10.1 Å². The molecule has 1 radical (unpaired) electrons. The minimum absolute atomic E-state index is 0. The Bertz CT molecular complexity index is 844. The molecule has 0 aliphatic heterocycles. The van der Waals surface area contributed by atoms with Gasteiger partial charge in [-0.15, -0.1) is 0 Å². The third kappa shape index (κ3) is 3.04. The van der Waals surface area contributed by atoms with E-state index in [1.165, 1.54) is 0 Å². The summed E-state index contributed by atoms with van der Waals surface area (Å²) in [5, 5.41) is -0.439. The van der Waals surface area contributed by atoms with E-state index < -0.39 is 15.3 Å². The molecular formula is C13H10KN2O3S. The van der Waals surface area contributed by atoms with Crippen LogP contribution in [0, 0.1) is 0 Å². The van der Waals surface area contributed by atoms with Gasteiger partial charge in [0.1, 0.15) is 0 Å². The van der Waals surface area contributed by atoms with Crippen molar-refractivity contribution in [1.29, 1.82) is 0 Å². The topological polar surface area (TPSA) is 83.1 Å². The Morgan fingerprint density at radius 2 is 1.70 bits per heavy atom. The normalized spacial score (nSPS) is 11.2. The van der Waals surface area contributed by atoms with E-state index in [1.54, 1.807) is 12.1 Å². The molecule has 0 aliphatic rings. The van der Waals surface area contributed by atoms with Crippen LogP contribution in [0.2, 0.25) is 0 Å². The number of fused-ring (bicyclic) bond motifs is 1. The van der Waals surface area contributed by atoms with Gasteiger partial charge in [0.2, 0.25) is 0 Å². The van der Waals surface area contributed by atoms with Gasteiger partial charge in [-0.25, -0.2) is 4.98 Å². The number of imidazole rings is 1. The van der Waals surface area contributed by atoms with Crippen LogP contribution < -0.4 is 0 Å². The Morgan fingerprint density at radius 1 is 1.00 bits per heavy atom. The molecular weight excluding hydrogens is 303 g/mol. The average molecular weight is 313 g/mol. The molecule has 0 spiro atoms. The first-order valence-electron chi connectivity index (χ1n) is 5.57. The van der Waals surface area contributed by atoms with Crippen molar-refractivity contribution in [3.8, 4) is 11.1 Å². The first-order chi connectivity index (χ1) is 9.05. The van der Waals surface area contributed by atoms with E-state index in [-0.39, 0.29) is 51.4 Å². The summed E-state index contributed by atoms with van der Waals surface area (Å²) in [6.07, 6.45) is 0. The molecule has 7 heteroatoms. The molecule has 0 saturated heterocycles. The van der Waals surface area contributed by atoms with Gasteiger partial charge < -0.3 is 4.98 Å². The molecule has 0 fully saturated rings. The Morgan fingerprint density at radius 3 is 2.35 bits per heavy atom. The van der Waals surface area contributed by atoms with Crippen molar-refractivity contribution >= 4 is 72.5 Å². The molecule has 3 rings (SSSR count). The van der Waals surface area contributed by atoms with Crippen molar-refractivity contribution in [2.45, 2.75) is 5.16 Å². The van der Waals surface area contributed by atoms with Gasteiger partial charge in [-0.1, -0.05) is 42.5 Å². The predicted molar refractivity (Wildman–Crippen MR) is 77.1 cm³/mol. The summed E-state index contributed by atoms with van der Waals surface area (Å²) in [7, 11) is -4.33. The number of nitrogens with zero attached hydrogens (tertiary/aromatic N) is 1. The van der Waals surface area contributed by atoms with Crippen molar-refractivity contribution in [1.82, 2.24) is 9.97 Å². The van der Waals surface area contributed by atoms with Gasteiger partial charge in [0.15, 0.2) is 0 Å². The Balaban J connectivity index is 0.00000147. The molecule has 0 atom stereocenters. The summed E-state index contributed by atoms with van der Waals surface area (Å²) in [5.74, 6) is 0. The second-order valence-corrected chi connectivity index (χ2v) is 5.42. The maximum absolute atomic E-state index is 11.1. The maximum Gasteiger partial charge on any atom is 0.328 e. The number of H-pyrrole nitrogens is 1. The van der Waals surface area contributed by atoms with E-state index in [0.717, 1.165) is 11.1 Å². The Hall–Kier alpha value is -0.544. The number of aromatic amines is 1. The minimum atomic E-state index is -4.33. The van der Waals surface area contributed by atoms with Crippen LogP contribution in [0.4, 0.5) is 0 Å². The number of benzene rings is 2. The monoisotopic (exact) mass is 313 g/mol. The summed E-state index contributed by atoms with van der Waals surface area (Å²) < 4.78 is 31.3. The van der Waals surface area contributed by atoms with E-state index in [2.05, 4.69) is 9.97 Å². The summed E-state index contributed by atoms with van der Waals surface area (Å²) >= 11 is 0. The Labute approximate surface area is 158 Å². The fourth-order valence-corrected chi connectivity index (χ4v) is 2.43. The zero-order valence-electron chi connectivity index (χ0n) is 10.7. The fraction of sp³-hybridized carbons (Fsp3) is 0. The largest absolute Gasteiger partial charge is 0.328 e. The van der Waals surface area contributed by atoms with Crippen LogP contribution in [0.5, 0.6) is 0 Å². The van der Waals surface area contributed by atoms with E-state index in [4.69, 9.17) is 4.55 Å². The summed E-state index contributed by atoms with van der Waals surface area (Å²) in [6.45, 7) is 0. The van der Waals surface area contributed by atoms with Crippen molar-refractivity contribution < 1.29 is 13.0 Å². The van der Waals surface area contributed by atoms with E-state index in [0.29, 0.717) is 11.0 Å². The second kappa shape index (κ2) is 6.06. The molecule has 0 unspecified atom stereocenters. The van der Waals surface area contributed by atoms with Crippen LogP contribution in [-0.4, -0.2) is 74.3 Å². The number of rotatable bonds is 2. The molecule has 0 saturated carbocycles. The third-order valence-corrected chi connectivity index (χ3v) is 3.50. The number of para-hydroxylation sites is 1. The minimum Gasteiger partial charge on any atom is -0.327 e. The molecule has 1 heterocycles. The molecule has 1 aromatic heterocycles. The molecule has 3 aromatic rings. The number of hydrogen-bond donors (Lipinski definition) is 2. The fourth-order valence-electron chi connectivity index (χ4n) is 1.98. The van der Waals surface area contributed by atoms with E-state index in [9.17, 15) is 8.42 Å². The molecule has 0 amide bonds. The van der Waals surface area contributed by atoms with Gasteiger partial charge in [-0.05, 0) is 11.6 Å². The zero-order chi connectivity index (χ0) is 13.5. The summed E-state index contributed by atoms with van der Waals surface area (Å²) in [4.78, 5) is 6.56. The second-order valence-electron chi connectivity index (χ2n) is 4.08. The number of aromatic nitrogens is 2. The van der Waals surface area contributed by atoms with Crippen LogP contribution in [0.25, 0.3) is 22.2 Å². The van der Waals surface area contributed by atoms with E-state index >= 15 is 0 Å². The smallest absolute Gasteiger partial charge is 0.327 e. The SMILES string of the molecule is O=S(=O)(O)c1nc2c(-c3ccccc3)cccc2[nH]1.[K]. The van der Waals surface area contributed by atoms with Crippen LogP contribution >= 0.6 is 0 Å². The van der Waals surface area contributed by atoms with Gasteiger partial charge in [0, 0.05) is 56.9 Å². The van der Waals surface area contributed by atoms with Gasteiger partial charge in [0.25, 0.3) is 5.16 Å². The van der Waals surface area contributed by atoms with Crippen LogP contribution in [-0.2, 0) is 10.1 Å². The van der Waals surface area contributed by atoms with Crippen molar-refractivity contribution in [2.24, 2.45) is 0 Å². The third-order valence-electron chi connectivity index (χ3n) is 2.82. The number of hydrogen-bond acceptors (Lipinski definition) is 3. The molecule has 97 valence electrons. The quantitative estimate of drug-likeness (QED) is 0.560.